The highest BCUT2D eigenvalue weighted by atomic mass is 19.1. The smallest absolute Gasteiger partial charge is 0.327 e. The minimum atomic E-state index is -1.29. The molecule has 2 rings (SSSR count). The van der Waals surface area contributed by atoms with E-state index >= 15 is 0 Å². The van der Waals surface area contributed by atoms with Crippen molar-refractivity contribution in [2.75, 3.05) is 5.32 Å². The summed E-state index contributed by atoms with van der Waals surface area (Å²) in [6.45, 7) is 0. The van der Waals surface area contributed by atoms with Crippen molar-refractivity contribution in [2.24, 2.45) is 5.92 Å². The predicted molar refractivity (Wildman–Crippen MR) is 65.4 cm³/mol. The van der Waals surface area contributed by atoms with Crippen LogP contribution in [0.5, 0.6) is 0 Å². The van der Waals surface area contributed by atoms with E-state index < -0.39 is 34.3 Å². The fourth-order valence-corrected chi connectivity index (χ4v) is 2.08. The Hall–Kier alpha value is -2.25. The average Bonchev–Trinajstić information content (AvgIpc) is 3.08. The zero-order valence-corrected chi connectivity index (χ0v) is 10.3. The van der Waals surface area contributed by atoms with E-state index in [1.807, 2.05) is 0 Å². The van der Waals surface area contributed by atoms with Gasteiger partial charge in [-0.25, -0.2) is 4.39 Å². The largest absolute Gasteiger partial charge is 0.481 e. The van der Waals surface area contributed by atoms with Crippen LogP contribution in [0, 0.1) is 27.7 Å². The van der Waals surface area contributed by atoms with Crippen LogP contribution >= 0.6 is 0 Å². The molecule has 0 saturated heterocycles. The van der Waals surface area contributed by atoms with Gasteiger partial charge in [0, 0.05) is 18.2 Å². The molecule has 0 aliphatic heterocycles. The number of hydrogen-bond acceptors (Lipinski definition) is 4. The van der Waals surface area contributed by atoms with Gasteiger partial charge < -0.3 is 10.4 Å². The summed E-state index contributed by atoms with van der Waals surface area (Å²) in [5, 5.41) is 22.2. The first-order valence-electron chi connectivity index (χ1n) is 6.00. The molecular weight excluding hydrogens is 274 g/mol. The lowest BCUT2D eigenvalue weighted by atomic mass is 10.1. The third-order valence-electron chi connectivity index (χ3n) is 3.14. The first-order chi connectivity index (χ1) is 9.38. The van der Waals surface area contributed by atoms with Crippen LogP contribution in [0.1, 0.15) is 19.3 Å². The fraction of sp³-hybridized carbons (Fsp3) is 0.417. The molecule has 1 atom stereocenters. The molecule has 1 aliphatic rings. The Bertz CT molecular complexity index is 561. The number of nitrogens with zero attached hydrogens (tertiary/aromatic N) is 1. The zero-order valence-electron chi connectivity index (χ0n) is 10.3. The number of nitro groups is 1. The molecule has 0 heterocycles. The maximum atomic E-state index is 13.5. The molecule has 0 spiro atoms. The van der Waals surface area contributed by atoms with Gasteiger partial charge in [-0.2, -0.15) is 4.39 Å². The number of nitro benzene ring substituents is 1. The molecule has 0 amide bonds. The number of aliphatic carboxylic acids is 1. The number of carbonyl (C=O) groups is 1. The van der Waals surface area contributed by atoms with Crippen molar-refractivity contribution in [3.63, 3.8) is 0 Å². The molecule has 1 aromatic carbocycles. The standard InChI is InChI=1S/C12H12F2N2O4/c13-7-3-8(14)12(16(19)20)10(4-7)15-9(5-11(17)18)6-1-2-6/h3-4,6,9,15H,1-2,5H2,(H,17,18). The lowest BCUT2D eigenvalue weighted by molar-refractivity contribution is -0.386. The van der Waals surface area contributed by atoms with Crippen molar-refractivity contribution in [3.8, 4) is 0 Å². The first-order valence-corrected chi connectivity index (χ1v) is 6.00. The lowest BCUT2D eigenvalue weighted by Gasteiger charge is -2.17. The van der Waals surface area contributed by atoms with Crippen molar-refractivity contribution in [1.29, 1.82) is 0 Å². The molecular formula is C12H12F2N2O4. The van der Waals surface area contributed by atoms with Gasteiger partial charge in [0.15, 0.2) is 0 Å². The summed E-state index contributed by atoms with van der Waals surface area (Å²) in [7, 11) is 0. The van der Waals surface area contributed by atoms with Crippen LogP contribution in [0.3, 0.4) is 0 Å². The van der Waals surface area contributed by atoms with Crippen molar-refractivity contribution >= 4 is 17.3 Å². The Morgan fingerprint density at radius 2 is 2.15 bits per heavy atom. The molecule has 2 N–H and O–H groups in total. The summed E-state index contributed by atoms with van der Waals surface area (Å²) in [5.74, 6) is -3.27. The summed E-state index contributed by atoms with van der Waals surface area (Å²) in [5.41, 5.74) is -1.20. The van der Waals surface area contributed by atoms with Crippen molar-refractivity contribution < 1.29 is 23.6 Å². The third-order valence-corrected chi connectivity index (χ3v) is 3.14. The predicted octanol–water partition coefficient (Wildman–Crippen LogP) is 2.54. The van der Waals surface area contributed by atoms with Crippen molar-refractivity contribution in [3.05, 3.63) is 33.9 Å². The number of benzene rings is 1. The van der Waals surface area contributed by atoms with Crippen LogP contribution in [0.15, 0.2) is 12.1 Å². The second-order valence-corrected chi connectivity index (χ2v) is 4.73. The molecule has 0 radical (unpaired) electrons. The topological polar surface area (TPSA) is 92.5 Å². The Kier molecular flexibility index (Phi) is 3.82. The van der Waals surface area contributed by atoms with Gasteiger partial charge in [0.05, 0.1) is 11.3 Å². The van der Waals surface area contributed by atoms with E-state index in [-0.39, 0.29) is 18.0 Å². The van der Waals surface area contributed by atoms with Crippen molar-refractivity contribution in [1.82, 2.24) is 0 Å². The van der Waals surface area contributed by atoms with E-state index in [1.165, 1.54) is 0 Å². The molecule has 20 heavy (non-hydrogen) atoms. The highest BCUT2D eigenvalue weighted by Crippen LogP contribution is 2.38. The van der Waals surface area contributed by atoms with Gasteiger partial charge in [-0.05, 0) is 18.8 Å². The van der Waals surface area contributed by atoms with Crippen LogP contribution in [-0.2, 0) is 4.79 Å². The number of carboxylic acids is 1. The molecule has 1 saturated carbocycles. The number of halogens is 2. The SMILES string of the molecule is O=C(O)CC(Nc1cc(F)cc(F)c1[N+](=O)[O-])C1CC1. The Labute approximate surface area is 112 Å². The summed E-state index contributed by atoms with van der Waals surface area (Å²) in [6, 6.07) is 0.651. The highest BCUT2D eigenvalue weighted by Gasteiger charge is 2.34. The third kappa shape index (κ3) is 3.19. The normalized spacial score (nSPS) is 15.7. The second-order valence-electron chi connectivity index (χ2n) is 4.73. The van der Waals surface area contributed by atoms with E-state index in [0.717, 1.165) is 18.9 Å². The summed E-state index contributed by atoms with van der Waals surface area (Å²) in [6.07, 6.45) is 1.31. The Morgan fingerprint density at radius 1 is 1.50 bits per heavy atom. The minimum absolute atomic E-state index is 0.0528. The minimum Gasteiger partial charge on any atom is -0.481 e. The monoisotopic (exact) mass is 286 g/mol. The van der Waals surface area contributed by atoms with Gasteiger partial charge >= 0.3 is 11.7 Å². The number of anilines is 1. The van der Waals surface area contributed by atoms with E-state index in [1.54, 1.807) is 0 Å². The maximum Gasteiger partial charge on any atom is 0.327 e. The van der Waals surface area contributed by atoms with Crippen LogP contribution in [-0.4, -0.2) is 22.0 Å². The maximum absolute atomic E-state index is 13.5. The molecule has 8 heteroatoms. The molecule has 0 aromatic heterocycles. The zero-order chi connectivity index (χ0) is 14.9. The van der Waals surface area contributed by atoms with Crippen LogP contribution in [0.25, 0.3) is 0 Å². The van der Waals surface area contributed by atoms with Gasteiger partial charge in [0.2, 0.25) is 5.82 Å². The van der Waals surface area contributed by atoms with Gasteiger partial charge in [-0.15, -0.1) is 0 Å². The van der Waals surface area contributed by atoms with Gasteiger partial charge in [-0.3, -0.25) is 14.9 Å². The van der Waals surface area contributed by atoms with E-state index in [9.17, 15) is 23.7 Å². The molecule has 1 unspecified atom stereocenters. The van der Waals surface area contributed by atoms with E-state index in [0.29, 0.717) is 6.07 Å². The fourth-order valence-electron chi connectivity index (χ4n) is 2.08. The van der Waals surface area contributed by atoms with E-state index in [2.05, 4.69) is 5.32 Å². The number of nitrogens with one attached hydrogen (secondary N) is 1. The van der Waals surface area contributed by atoms with Crippen LogP contribution in [0.2, 0.25) is 0 Å². The number of hydrogen-bond donors (Lipinski definition) is 2. The molecule has 1 fully saturated rings. The van der Waals surface area contributed by atoms with Crippen molar-refractivity contribution in [2.45, 2.75) is 25.3 Å². The molecule has 1 aliphatic carbocycles. The highest BCUT2D eigenvalue weighted by molar-refractivity contribution is 5.70. The average molecular weight is 286 g/mol. The molecule has 1 aromatic rings. The summed E-state index contributed by atoms with van der Waals surface area (Å²) >= 11 is 0. The Morgan fingerprint density at radius 3 is 2.65 bits per heavy atom. The molecule has 6 nitrogen and oxygen atoms in total. The van der Waals surface area contributed by atoms with Gasteiger partial charge in [-0.1, -0.05) is 0 Å². The quantitative estimate of drug-likeness (QED) is 0.619. The van der Waals surface area contributed by atoms with Crippen LogP contribution in [0.4, 0.5) is 20.2 Å². The lowest BCUT2D eigenvalue weighted by Crippen LogP contribution is -2.26. The summed E-state index contributed by atoms with van der Waals surface area (Å²) in [4.78, 5) is 20.6. The summed E-state index contributed by atoms with van der Waals surface area (Å²) < 4.78 is 26.6. The number of rotatable bonds is 6. The molecule has 0 bridgehead atoms. The Balaban J connectivity index is 2.30. The van der Waals surface area contributed by atoms with Crippen LogP contribution < -0.4 is 5.32 Å². The van der Waals surface area contributed by atoms with E-state index in [4.69, 9.17) is 5.11 Å². The number of carboxylic acid groups (broad SMARTS) is 1. The molecule has 108 valence electrons. The first kappa shape index (κ1) is 14.2. The van der Waals surface area contributed by atoms with Gasteiger partial charge in [0.1, 0.15) is 11.5 Å². The van der Waals surface area contributed by atoms with Gasteiger partial charge in [0.25, 0.3) is 0 Å². The second kappa shape index (κ2) is 5.40.